The predicted octanol–water partition coefficient (Wildman–Crippen LogP) is 4.15. The molecule has 0 spiro atoms. The van der Waals surface area contributed by atoms with E-state index in [1.54, 1.807) is 29.2 Å². The molecule has 0 radical (unpaired) electrons. The second kappa shape index (κ2) is 16.0. The summed E-state index contributed by atoms with van der Waals surface area (Å²) in [5, 5.41) is 20.0. The van der Waals surface area contributed by atoms with Crippen molar-refractivity contribution in [3.63, 3.8) is 0 Å². The fourth-order valence-electron chi connectivity index (χ4n) is 6.80. The first-order valence-corrected chi connectivity index (χ1v) is 17.3. The van der Waals surface area contributed by atoms with Gasteiger partial charge in [-0.3, -0.25) is 24.0 Å². The van der Waals surface area contributed by atoms with Gasteiger partial charge in [0.15, 0.2) is 5.78 Å². The number of nitrogens with one attached hydrogen (secondary N) is 3. The van der Waals surface area contributed by atoms with Crippen molar-refractivity contribution in [3.05, 3.63) is 71.9 Å². The zero-order valence-electron chi connectivity index (χ0n) is 27.8. The van der Waals surface area contributed by atoms with Gasteiger partial charge in [-0.05, 0) is 49.7 Å². The summed E-state index contributed by atoms with van der Waals surface area (Å²) in [5.41, 5.74) is 1.87. The average Bonchev–Trinajstić information content (AvgIpc) is 3.43. The highest BCUT2D eigenvalue weighted by Gasteiger charge is 2.40. The number of fused-ring (bicyclic) bond motifs is 2. The molecule has 2 saturated heterocycles. The van der Waals surface area contributed by atoms with Crippen molar-refractivity contribution in [3.8, 4) is 0 Å². The second-order valence-corrected chi connectivity index (χ2v) is 13.1. The predicted molar refractivity (Wildman–Crippen MR) is 181 cm³/mol. The molecule has 0 aliphatic carbocycles. The lowest BCUT2D eigenvalue weighted by atomic mass is 9.93. The number of nitrogens with zero attached hydrogens (tertiary/aromatic N) is 2. The van der Waals surface area contributed by atoms with Crippen molar-refractivity contribution in [2.75, 3.05) is 6.54 Å². The number of hydrogen-bond donors (Lipinski definition) is 4. The minimum atomic E-state index is -1.08. The highest BCUT2D eigenvalue weighted by atomic mass is 16.5. The fourth-order valence-corrected chi connectivity index (χ4v) is 6.80. The monoisotopic (exact) mass is 657 g/mol. The van der Waals surface area contributed by atoms with Crippen LogP contribution in [0.2, 0.25) is 0 Å². The molecular weight excluding hydrogens is 610 g/mol. The number of unbranched alkanes of at least 4 members (excludes halogenated alkanes) is 2. The summed E-state index contributed by atoms with van der Waals surface area (Å²) >= 11 is 0. The van der Waals surface area contributed by atoms with Crippen LogP contribution in [-0.2, 0) is 25.6 Å². The van der Waals surface area contributed by atoms with Gasteiger partial charge in [-0.25, -0.2) is 0 Å². The molecule has 1 unspecified atom stereocenters. The largest absolute Gasteiger partial charge is 0.428 e. The van der Waals surface area contributed by atoms with Gasteiger partial charge in [0.1, 0.15) is 24.2 Å². The Morgan fingerprint density at radius 1 is 0.875 bits per heavy atom. The zero-order valence-corrected chi connectivity index (χ0v) is 27.8. The van der Waals surface area contributed by atoms with E-state index in [9.17, 15) is 29.2 Å². The standard InChI is InChI=1S/C37H47N5O6/c1-3-24(2)33-37(47)41-21-13-12-19-31(41)36(46)38-28(17-8-5-9-20-32(43)25-14-6-4-7-15-25)34(44)39-29(35(45)40-33)22-26-23-42(48)30-18-11-10-16-27(26)30/h4,6-7,10-11,14-16,18,23-24,28-29,31,33,48H,3,5,8-9,12-13,17,19-22H2,1-2H3,(H,38,46)(H,39,44)(H,40,45)/t24?,28-,29-,31+,33-/m0/s1. The number of carbonyl (C=O) groups excluding carboxylic acids is 5. The van der Waals surface area contributed by atoms with Gasteiger partial charge >= 0.3 is 0 Å². The molecule has 5 atom stereocenters. The summed E-state index contributed by atoms with van der Waals surface area (Å²) in [4.78, 5) is 70.0. The van der Waals surface area contributed by atoms with Crippen molar-refractivity contribution in [1.29, 1.82) is 0 Å². The maximum absolute atomic E-state index is 14.1. The molecule has 2 aromatic carbocycles. The molecule has 256 valence electrons. The van der Waals surface area contributed by atoms with E-state index < -0.39 is 36.0 Å². The SMILES string of the molecule is CCC(C)[C@@H]1NC(=O)[C@H](Cc2cn(O)c3ccccc23)NC(=O)[C@H](CCCCCC(=O)c2ccccc2)NC(=O)[C@H]2CCCCN2C1=O. The summed E-state index contributed by atoms with van der Waals surface area (Å²) < 4.78 is 0.993. The smallest absolute Gasteiger partial charge is 0.246 e. The molecule has 4 amide bonds. The van der Waals surface area contributed by atoms with Gasteiger partial charge in [0.05, 0.1) is 5.52 Å². The van der Waals surface area contributed by atoms with Crippen LogP contribution in [0.5, 0.6) is 0 Å². The molecule has 1 aromatic heterocycles. The van der Waals surface area contributed by atoms with E-state index in [0.29, 0.717) is 68.1 Å². The lowest BCUT2D eigenvalue weighted by molar-refractivity contribution is -0.147. The molecular formula is C37H47N5O6. The Morgan fingerprint density at radius 3 is 2.35 bits per heavy atom. The summed E-state index contributed by atoms with van der Waals surface area (Å²) in [6.07, 6.45) is 6.74. The van der Waals surface area contributed by atoms with E-state index in [0.717, 1.165) is 23.0 Å². The van der Waals surface area contributed by atoms with E-state index in [-0.39, 0.29) is 29.9 Å². The van der Waals surface area contributed by atoms with Crippen LogP contribution >= 0.6 is 0 Å². The molecule has 0 saturated carbocycles. The Labute approximate surface area is 281 Å². The van der Waals surface area contributed by atoms with Crippen LogP contribution < -0.4 is 16.0 Å². The number of Topliss-reactive ketones (excluding diaryl/α,β-unsaturated/α-hetero) is 1. The molecule has 3 heterocycles. The Hall–Kier alpha value is -4.67. The summed E-state index contributed by atoms with van der Waals surface area (Å²) in [7, 11) is 0. The molecule has 11 heteroatoms. The summed E-state index contributed by atoms with van der Waals surface area (Å²) in [6, 6.07) is 12.7. The van der Waals surface area contributed by atoms with E-state index in [4.69, 9.17) is 0 Å². The zero-order chi connectivity index (χ0) is 34.2. The van der Waals surface area contributed by atoms with Crippen LogP contribution in [-0.4, -0.2) is 75.0 Å². The maximum atomic E-state index is 14.1. The first kappa shape index (κ1) is 34.7. The number of rotatable bonds is 11. The number of amides is 4. The average molecular weight is 658 g/mol. The summed E-state index contributed by atoms with van der Waals surface area (Å²) in [6.45, 7) is 4.23. The van der Waals surface area contributed by atoms with Gasteiger partial charge < -0.3 is 26.1 Å². The molecule has 0 bridgehead atoms. The molecule has 11 nitrogen and oxygen atoms in total. The van der Waals surface area contributed by atoms with E-state index >= 15 is 0 Å². The number of carbonyl (C=O) groups is 5. The topological polar surface area (TPSA) is 150 Å². The van der Waals surface area contributed by atoms with Crippen molar-refractivity contribution >= 4 is 40.3 Å². The Kier molecular flexibility index (Phi) is 11.5. The van der Waals surface area contributed by atoms with E-state index in [1.807, 2.05) is 44.2 Å². The van der Waals surface area contributed by atoms with Gasteiger partial charge in [-0.15, -0.1) is 0 Å². The Bertz CT molecular complexity index is 1620. The van der Waals surface area contributed by atoms with Gasteiger partial charge in [0, 0.05) is 36.5 Å². The number of para-hydroxylation sites is 1. The number of ketones is 1. The van der Waals surface area contributed by atoms with Crippen molar-refractivity contribution in [2.24, 2.45) is 5.92 Å². The lowest BCUT2D eigenvalue weighted by Gasteiger charge is -2.39. The van der Waals surface area contributed by atoms with Crippen LogP contribution in [0.1, 0.15) is 87.6 Å². The molecule has 48 heavy (non-hydrogen) atoms. The van der Waals surface area contributed by atoms with Gasteiger partial charge in [0.2, 0.25) is 23.6 Å². The van der Waals surface area contributed by atoms with Crippen molar-refractivity contribution in [1.82, 2.24) is 25.6 Å². The number of aromatic nitrogens is 1. The van der Waals surface area contributed by atoms with Crippen molar-refractivity contribution in [2.45, 2.75) is 102 Å². The lowest BCUT2D eigenvalue weighted by Crippen LogP contribution is -2.64. The van der Waals surface area contributed by atoms with Crippen LogP contribution in [0, 0.1) is 5.92 Å². The van der Waals surface area contributed by atoms with E-state index in [2.05, 4.69) is 16.0 Å². The third-order valence-corrected chi connectivity index (χ3v) is 9.82. The van der Waals surface area contributed by atoms with Crippen LogP contribution in [0.15, 0.2) is 60.8 Å². The van der Waals surface area contributed by atoms with Crippen LogP contribution in [0.3, 0.4) is 0 Å². The third kappa shape index (κ3) is 8.06. The fraction of sp³-hybridized carbons (Fsp3) is 0.486. The first-order chi connectivity index (χ1) is 23.2. The molecule has 4 N–H and O–H groups in total. The Morgan fingerprint density at radius 2 is 1.58 bits per heavy atom. The van der Waals surface area contributed by atoms with Gasteiger partial charge in [0.25, 0.3) is 0 Å². The highest BCUT2D eigenvalue weighted by Crippen LogP contribution is 2.24. The third-order valence-electron chi connectivity index (χ3n) is 9.82. The Balaban J connectivity index is 1.38. The molecule has 2 aliphatic rings. The number of hydrogen-bond acceptors (Lipinski definition) is 6. The van der Waals surface area contributed by atoms with Crippen molar-refractivity contribution < 1.29 is 29.2 Å². The second-order valence-electron chi connectivity index (χ2n) is 13.1. The number of benzene rings is 2. The van der Waals surface area contributed by atoms with Gasteiger partial charge in [-0.2, -0.15) is 4.73 Å². The van der Waals surface area contributed by atoms with Crippen LogP contribution in [0.4, 0.5) is 0 Å². The normalized spacial score (nSPS) is 22.9. The van der Waals surface area contributed by atoms with Crippen LogP contribution in [0.25, 0.3) is 10.9 Å². The quantitative estimate of drug-likeness (QED) is 0.138. The number of piperidine rings is 1. The summed E-state index contributed by atoms with van der Waals surface area (Å²) in [5.74, 6) is -1.83. The highest BCUT2D eigenvalue weighted by molar-refractivity contribution is 5.98. The molecule has 2 fully saturated rings. The van der Waals surface area contributed by atoms with E-state index in [1.165, 1.54) is 6.20 Å². The maximum Gasteiger partial charge on any atom is 0.246 e. The molecule has 3 aromatic rings. The van der Waals surface area contributed by atoms with Gasteiger partial charge in [-0.1, -0.05) is 81.6 Å². The minimum Gasteiger partial charge on any atom is -0.428 e. The molecule has 2 aliphatic heterocycles. The minimum absolute atomic E-state index is 0.0572. The molecule has 5 rings (SSSR count). The first-order valence-electron chi connectivity index (χ1n) is 17.3.